The number of nitriles is 1. The molecule has 0 aromatic heterocycles. The largest absolute Gasteiger partial charge is 0.240 e. The predicted molar refractivity (Wildman–Crippen MR) is 68.3 cm³/mol. The van der Waals surface area contributed by atoms with E-state index in [4.69, 9.17) is 5.26 Å². The molecule has 1 aliphatic carbocycles. The number of benzene rings is 1. The van der Waals surface area contributed by atoms with Gasteiger partial charge in [0.25, 0.3) is 0 Å². The van der Waals surface area contributed by atoms with Crippen molar-refractivity contribution in [3.05, 3.63) is 29.8 Å². The second-order valence-electron chi connectivity index (χ2n) is 4.61. The molecule has 18 heavy (non-hydrogen) atoms. The third-order valence-corrected chi connectivity index (χ3v) is 4.54. The van der Waals surface area contributed by atoms with Crippen LogP contribution < -0.4 is 4.72 Å². The summed E-state index contributed by atoms with van der Waals surface area (Å²) in [6, 6.07) is 8.48. The fourth-order valence-corrected chi connectivity index (χ4v) is 2.81. The molecule has 0 spiro atoms. The fourth-order valence-electron chi connectivity index (χ4n) is 1.77. The van der Waals surface area contributed by atoms with Gasteiger partial charge >= 0.3 is 0 Å². The lowest BCUT2D eigenvalue weighted by Gasteiger charge is -2.06. The van der Waals surface area contributed by atoms with Crippen molar-refractivity contribution in [2.75, 3.05) is 6.54 Å². The maximum Gasteiger partial charge on any atom is 0.240 e. The van der Waals surface area contributed by atoms with Crippen molar-refractivity contribution in [2.45, 2.75) is 30.6 Å². The lowest BCUT2D eigenvalue weighted by atomic mass is 10.2. The first-order valence-corrected chi connectivity index (χ1v) is 7.56. The van der Waals surface area contributed by atoms with Gasteiger partial charge in [-0.3, -0.25) is 0 Å². The highest BCUT2D eigenvalue weighted by atomic mass is 32.2. The number of nitrogens with one attached hydrogen (secondary N) is 1. The second-order valence-corrected chi connectivity index (χ2v) is 6.38. The molecular formula is C13H16N2O2S. The van der Waals surface area contributed by atoms with Crippen molar-refractivity contribution < 1.29 is 8.42 Å². The highest BCUT2D eigenvalue weighted by molar-refractivity contribution is 7.89. The molecule has 1 fully saturated rings. The number of sulfonamides is 1. The van der Waals surface area contributed by atoms with Gasteiger partial charge in [-0.05, 0) is 30.0 Å². The Morgan fingerprint density at radius 2 is 1.94 bits per heavy atom. The molecule has 1 aliphatic rings. The minimum atomic E-state index is -3.39. The molecule has 2 rings (SSSR count). The summed E-state index contributed by atoms with van der Waals surface area (Å²) in [6.07, 6.45) is 3.68. The average molecular weight is 264 g/mol. The number of nitrogens with zero attached hydrogens (tertiary/aromatic N) is 1. The van der Waals surface area contributed by atoms with Gasteiger partial charge < -0.3 is 0 Å². The van der Waals surface area contributed by atoms with E-state index < -0.39 is 10.0 Å². The van der Waals surface area contributed by atoms with Crippen molar-refractivity contribution in [3.8, 4) is 6.07 Å². The third-order valence-electron chi connectivity index (χ3n) is 3.06. The van der Waals surface area contributed by atoms with E-state index in [-0.39, 0.29) is 4.90 Å². The molecule has 1 aromatic rings. The lowest BCUT2D eigenvalue weighted by Crippen LogP contribution is -2.25. The number of hydrogen-bond donors (Lipinski definition) is 1. The van der Waals surface area contributed by atoms with Crippen LogP contribution in [0.1, 0.15) is 24.8 Å². The second kappa shape index (κ2) is 5.51. The van der Waals surface area contributed by atoms with Crippen LogP contribution in [-0.2, 0) is 16.4 Å². The highest BCUT2D eigenvalue weighted by Crippen LogP contribution is 2.31. The molecule has 0 radical (unpaired) electrons. The summed E-state index contributed by atoms with van der Waals surface area (Å²) >= 11 is 0. The van der Waals surface area contributed by atoms with Crippen molar-refractivity contribution in [1.82, 2.24) is 4.72 Å². The predicted octanol–water partition coefficient (Wildman–Crippen LogP) is 1.83. The standard InChI is InChI=1S/C13H16N2O2S/c14-9-7-11-3-5-13(6-4-11)18(16,17)15-10-8-12-1-2-12/h3-6,12,15H,1-2,7-8,10H2. The van der Waals surface area contributed by atoms with E-state index in [1.54, 1.807) is 24.3 Å². The van der Waals surface area contributed by atoms with Gasteiger partial charge in [0.15, 0.2) is 0 Å². The summed E-state index contributed by atoms with van der Waals surface area (Å²) in [4.78, 5) is 0.264. The molecular weight excluding hydrogens is 248 g/mol. The van der Waals surface area contributed by atoms with E-state index >= 15 is 0 Å². The van der Waals surface area contributed by atoms with Gasteiger partial charge in [0, 0.05) is 6.54 Å². The lowest BCUT2D eigenvalue weighted by molar-refractivity contribution is 0.575. The van der Waals surface area contributed by atoms with Crippen molar-refractivity contribution >= 4 is 10.0 Å². The van der Waals surface area contributed by atoms with Gasteiger partial charge in [-0.2, -0.15) is 5.26 Å². The minimum absolute atomic E-state index is 0.264. The van der Waals surface area contributed by atoms with Crippen LogP contribution in [0.2, 0.25) is 0 Å². The third kappa shape index (κ3) is 3.56. The molecule has 0 bridgehead atoms. The zero-order valence-electron chi connectivity index (χ0n) is 10.1. The molecule has 1 aromatic carbocycles. The first-order valence-electron chi connectivity index (χ1n) is 6.07. The minimum Gasteiger partial charge on any atom is -0.211 e. The summed E-state index contributed by atoms with van der Waals surface area (Å²) in [5.74, 6) is 0.714. The van der Waals surface area contributed by atoms with E-state index in [1.165, 1.54) is 12.8 Å². The fraction of sp³-hybridized carbons (Fsp3) is 0.462. The van der Waals surface area contributed by atoms with Crippen LogP contribution in [0.25, 0.3) is 0 Å². The van der Waals surface area contributed by atoms with Gasteiger partial charge in [-0.1, -0.05) is 25.0 Å². The topological polar surface area (TPSA) is 70.0 Å². The zero-order valence-corrected chi connectivity index (χ0v) is 10.9. The number of hydrogen-bond acceptors (Lipinski definition) is 3. The van der Waals surface area contributed by atoms with Gasteiger partial charge in [0.05, 0.1) is 17.4 Å². The molecule has 0 saturated heterocycles. The summed E-state index contributed by atoms with van der Waals surface area (Å²) in [7, 11) is -3.39. The Balaban J connectivity index is 1.97. The molecule has 1 saturated carbocycles. The summed E-state index contributed by atoms with van der Waals surface area (Å²) < 4.78 is 26.5. The highest BCUT2D eigenvalue weighted by Gasteiger charge is 2.22. The Morgan fingerprint density at radius 1 is 1.28 bits per heavy atom. The normalized spacial score (nSPS) is 15.3. The van der Waals surface area contributed by atoms with Crippen molar-refractivity contribution in [3.63, 3.8) is 0 Å². The Kier molecular flexibility index (Phi) is 4.00. The van der Waals surface area contributed by atoms with Crippen LogP contribution in [0.15, 0.2) is 29.2 Å². The van der Waals surface area contributed by atoms with E-state index in [2.05, 4.69) is 4.72 Å². The van der Waals surface area contributed by atoms with E-state index in [0.29, 0.717) is 18.9 Å². The maximum atomic E-state index is 11.9. The molecule has 0 aliphatic heterocycles. The molecule has 1 N–H and O–H groups in total. The SMILES string of the molecule is N#CCc1ccc(S(=O)(=O)NCCC2CC2)cc1. The van der Waals surface area contributed by atoms with E-state index in [0.717, 1.165) is 12.0 Å². The van der Waals surface area contributed by atoms with Gasteiger partial charge in [0.2, 0.25) is 10.0 Å². The first kappa shape index (κ1) is 13.1. The first-order chi connectivity index (χ1) is 8.62. The monoisotopic (exact) mass is 264 g/mol. The van der Waals surface area contributed by atoms with Crippen LogP contribution in [0, 0.1) is 17.2 Å². The average Bonchev–Trinajstić information content (AvgIpc) is 3.14. The quantitative estimate of drug-likeness (QED) is 0.852. The Hall–Kier alpha value is -1.38. The maximum absolute atomic E-state index is 11.9. The van der Waals surface area contributed by atoms with Crippen molar-refractivity contribution in [1.29, 1.82) is 5.26 Å². The smallest absolute Gasteiger partial charge is 0.211 e. The molecule has 0 atom stereocenters. The Morgan fingerprint density at radius 3 is 2.50 bits per heavy atom. The Labute approximate surface area is 108 Å². The number of rotatable bonds is 6. The van der Waals surface area contributed by atoms with E-state index in [9.17, 15) is 8.42 Å². The van der Waals surface area contributed by atoms with Gasteiger partial charge in [-0.25, -0.2) is 13.1 Å². The molecule has 0 amide bonds. The van der Waals surface area contributed by atoms with Crippen molar-refractivity contribution in [2.24, 2.45) is 5.92 Å². The van der Waals surface area contributed by atoms with Crippen LogP contribution in [0.4, 0.5) is 0 Å². The zero-order chi connectivity index (χ0) is 13.0. The van der Waals surface area contributed by atoms with Gasteiger partial charge in [-0.15, -0.1) is 0 Å². The van der Waals surface area contributed by atoms with Crippen LogP contribution >= 0.6 is 0 Å². The molecule has 96 valence electrons. The van der Waals surface area contributed by atoms with Crippen LogP contribution in [0.3, 0.4) is 0 Å². The Bertz CT molecular complexity index is 539. The molecule has 5 heteroatoms. The summed E-state index contributed by atoms with van der Waals surface area (Å²) in [6.45, 7) is 0.507. The van der Waals surface area contributed by atoms with Gasteiger partial charge in [0.1, 0.15) is 0 Å². The van der Waals surface area contributed by atoms with Crippen LogP contribution in [0.5, 0.6) is 0 Å². The molecule has 0 heterocycles. The molecule has 4 nitrogen and oxygen atoms in total. The van der Waals surface area contributed by atoms with E-state index in [1.807, 2.05) is 6.07 Å². The summed E-state index contributed by atoms with van der Waals surface area (Å²) in [5, 5.41) is 8.54. The van der Waals surface area contributed by atoms with Crippen LogP contribution in [-0.4, -0.2) is 15.0 Å². The molecule has 0 unspecified atom stereocenters. The summed E-state index contributed by atoms with van der Waals surface area (Å²) in [5.41, 5.74) is 0.828.